The van der Waals surface area contributed by atoms with E-state index >= 15 is 0 Å². The van der Waals surface area contributed by atoms with Crippen LogP contribution in [-0.4, -0.2) is 33.7 Å². The van der Waals surface area contributed by atoms with Crippen LogP contribution in [0, 0.1) is 0 Å². The Morgan fingerprint density at radius 1 is 0.474 bits per heavy atom. The molecule has 0 aromatic rings. The van der Waals surface area contributed by atoms with Gasteiger partial charge in [-0.05, 0) is 128 Å². The molecule has 1 atom stereocenters. The molecule has 227 valence electrons. The molecular weight excluding hydrogens is 659 g/mol. The van der Waals surface area contributed by atoms with Gasteiger partial charge in [0.05, 0.1) is 35.6 Å². The molecule has 6 heteroatoms. The monoisotopic (exact) mass is 717 g/mol. The molecule has 0 aliphatic heterocycles. The predicted octanol–water partition coefficient (Wildman–Crippen LogP) is 13.3. The molecule has 5 aliphatic rings. The SMILES string of the molecule is CC([PH+](C1CCCCC1)C1CCCCC1)[P+](C1CCCCC1)(C1CCCCC1)C1CCCCC1.[Cl][Pd]([Cl])[Cl]. The average Bonchev–Trinajstić information content (AvgIpc) is 2.96. The van der Waals surface area contributed by atoms with E-state index in [-0.39, 0.29) is 7.92 Å². The summed E-state index contributed by atoms with van der Waals surface area (Å²) in [5.41, 5.74) is 6.01. The van der Waals surface area contributed by atoms with Crippen molar-refractivity contribution in [3.63, 3.8) is 0 Å². The molecule has 5 rings (SSSR count). The Hall–Kier alpha value is 2.39. The van der Waals surface area contributed by atoms with Crippen LogP contribution in [0.25, 0.3) is 0 Å². The Bertz CT molecular complexity index is 568. The van der Waals surface area contributed by atoms with Gasteiger partial charge in [-0.1, -0.05) is 32.1 Å². The molecule has 5 aliphatic carbocycles. The van der Waals surface area contributed by atoms with Crippen molar-refractivity contribution in [2.45, 2.75) is 201 Å². The van der Waals surface area contributed by atoms with Crippen molar-refractivity contribution in [1.82, 2.24) is 0 Å². The fourth-order valence-corrected chi connectivity index (χ4v) is 27.4. The van der Waals surface area contributed by atoms with Gasteiger partial charge in [-0.2, -0.15) is 0 Å². The third-order valence-electron chi connectivity index (χ3n) is 11.9. The van der Waals surface area contributed by atoms with Crippen molar-refractivity contribution in [1.29, 1.82) is 0 Å². The molecule has 1 unspecified atom stereocenters. The van der Waals surface area contributed by atoms with E-state index in [0.29, 0.717) is 0 Å². The number of rotatable bonds is 7. The van der Waals surface area contributed by atoms with Crippen LogP contribution in [0.5, 0.6) is 0 Å². The van der Waals surface area contributed by atoms with Crippen LogP contribution in [0.15, 0.2) is 0 Å². The molecule has 0 bridgehead atoms. The summed E-state index contributed by atoms with van der Waals surface area (Å²) in [6.07, 6.45) is 40.2. The number of halogens is 3. The maximum atomic E-state index is 4.92. The van der Waals surface area contributed by atoms with Crippen LogP contribution in [-0.2, 0) is 13.7 Å². The Balaban J connectivity index is 0.000000786. The molecule has 0 radical (unpaired) electrons. The summed E-state index contributed by atoms with van der Waals surface area (Å²) in [4.78, 5) is 0. The van der Waals surface area contributed by atoms with Gasteiger partial charge in [0, 0.05) is 14.8 Å². The van der Waals surface area contributed by atoms with Crippen molar-refractivity contribution >= 4 is 43.8 Å². The fourth-order valence-electron chi connectivity index (χ4n) is 10.6. The second kappa shape index (κ2) is 17.6. The van der Waals surface area contributed by atoms with Crippen molar-refractivity contribution < 1.29 is 13.7 Å². The van der Waals surface area contributed by atoms with Crippen LogP contribution >= 0.6 is 43.8 Å². The minimum atomic E-state index is -1.57. The molecule has 0 nitrogen and oxygen atoms in total. The van der Waals surface area contributed by atoms with E-state index in [1.807, 2.05) is 0 Å². The maximum absolute atomic E-state index is 4.92. The van der Waals surface area contributed by atoms with E-state index in [2.05, 4.69) is 6.92 Å². The molecule has 38 heavy (non-hydrogen) atoms. The first kappa shape index (κ1) is 33.3. The van der Waals surface area contributed by atoms with Crippen LogP contribution in [0.3, 0.4) is 0 Å². The van der Waals surface area contributed by atoms with E-state index in [9.17, 15) is 0 Å². The van der Waals surface area contributed by atoms with Gasteiger partial charge in [0.25, 0.3) is 0 Å². The van der Waals surface area contributed by atoms with Crippen molar-refractivity contribution in [3.05, 3.63) is 0 Å². The zero-order valence-electron chi connectivity index (χ0n) is 24.5. The zero-order valence-corrected chi connectivity index (χ0v) is 30.3. The fraction of sp³-hybridized carbons (Fsp3) is 1.00. The van der Waals surface area contributed by atoms with Crippen LogP contribution < -0.4 is 0 Å². The van der Waals surface area contributed by atoms with Gasteiger partial charge < -0.3 is 0 Å². The van der Waals surface area contributed by atoms with Gasteiger partial charge in [0.15, 0.2) is 5.40 Å². The first-order chi connectivity index (χ1) is 18.5. The summed E-state index contributed by atoms with van der Waals surface area (Å²) in [7, 11) is 13.5. The van der Waals surface area contributed by atoms with Gasteiger partial charge in [-0.25, -0.2) is 0 Å². The third kappa shape index (κ3) is 8.73. The topological polar surface area (TPSA) is 0 Å². The van der Waals surface area contributed by atoms with E-state index < -0.39 is 21.0 Å². The second-order valence-corrected chi connectivity index (χ2v) is 29.6. The van der Waals surface area contributed by atoms with E-state index in [0.717, 1.165) is 0 Å². The van der Waals surface area contributed by atoms with Gasteiger partial charge in [-0.15, -0.1) is 0 Å². The zero-order chi connectivity index (χ0) is 26.8. The molecule has 0 N–H and O–H groups in total. The summed E-state index contributed by atoms with van der Waals surface area (Å²) in [6.45, 7) is 3.02. The quantitative estimate of drug-likeness (QED) is 0.182. The molecule has 5 fully saturated rings. The van der Waals surface area contributed by atoms with Crippen LogP contribution in [0.4, 0.5) is 0 Å². The van der Waals surface area contributed by atoms with E-state index in [1.165, 1.54) is 33.7 Å². The summed E-state index contributed by atoms with van der Waals surface area (Å²) in [5, 5.41) is 1.21. The van der Waals surface area contributed by atoms with Gasteiger partial charge in [0.2, 0.25) is 0 Å². The van der Waals surface area contributed by atoms with Gasteiger partial charge in [0.1, 0.15) is 0 Å². The molecule has 0 amide bonds. The first-order valence-electron chi connectivity index (χ1n) is 16.9. The predicted molar refractivity (Wildman–Crippen MR) is 177 cm³/mol. The summed E-state index contributed by atoms with van der Waals surface area (Å²) in [6, 6.07) is 0. The number of hydrogen-bond acceptors (Lipinski definition) is 0. The van der Waals surface area contributed by atoms with Crippen LogP contribution in [0.2, 0.25) is 0 Å². The van der Waals surface area contributed by atoms with E-state index in [1.54, 1.807) is 161 Å². The molecule has 0 aromatic carbocycles. The first-order valence-corrected chi connectivity index (χ1v) is 26.7. The molecule has 0 saturated heterocycles. The molecule has 0 aromatic heterocycles. The Morgan fingerprint density at radius 3 is 0.974 bits per heavy atom. The normalized spacial score (nSPS) is 27.6. The molecule has 0 heterocycles. The van der Waals surface area contributed by atoms with Crippen molar-refractivity contribution in [2.75, 3.05) is 0 Å². The van der Waals surface area contributed by atoms with Crippen molar-refractivity contribution in [3.8, 4) is 0 Å². The minimum absolute atomic E-state index is 0.275. The molecule has 5 saturated carbocycles. The average molecular weight is 720 g/mol. The summed E-state index contributed by atoms with van der Waals surface area (Å²) >= 11 is -1.57. The second-order valence-electron chi connectivity index (χ2n) is 13.8. The third-order valence-corrected chi connectivity index (χ3v) is 24.9. The summed E-state index contributed by atoms with van der Waals surface area (Å²) < 4.78 is 0. The van der Waals surface area contributed by atoms with Crippen LogP contribution in [0.1, 0.15) is 167 Å². The standard InChI is InChI=1S/C32H59P2.3ClH.Pd/c1-27(33(28-17-7-2-8-18-28)29-19-9-3-10-20-29)34(30-21-11-4-12-22-30,31-23-13-5-14-24-31)32-25-15-6-16-26-32;;;;/h27-32H,2-26H2,1H3;3*1H;/q+1;;;;+3/p-2. The molecule has 0 spiro atoms. The summed E-state index contributed by atoms with van der Waals surface area (Å²) in [5.74, 6) is 0. The van der Waals surface area contributed by atoms with E-state index in [4.69, 9.17) is 28.6 Å². The Labute approximate surface area is 256 Å². The van der Waals surface area contributed by atoms with Gasteiger partial charge >= 0.3 is 42.3 Å². The number of hydrogen-bond donors (Lipinski definition) is 0. The van der Waals surface area contributed by atoms with Gasteiger partial charge in [-0.3, -0.25) is 0 Å². The van der Waals surface area contributed by atoms with Crippen molar-refractivity contribution in [2.24, 2.45) is 0 Å². The Kier molecular flexibility index (Phi) is 15.4. The Morgan fingerprint density at radius 2 is 0.711 bits per heavy atom. The molecular formula is C32H60Cl3P2Pd+2.